The van der Waals surface area contributed by atoms with Crippen LogP contribution in [0.15, 0.2) is 35.8 Å². The van der Waals surface area contributed by atoms with Gasteiger partial charge in [0.25, 0.3) is 0 Å². The van der Waals surface area contributed by atoms with E-state index in [1.165, 1.54) is 11.3 Å². The summed E-state index contributed by atoms with van der Waals surface area (Å²) in [5.74, 6) is 0. The monoisotopic (exact) mass is 371 g/mol. The van der Waals surface area contributed by atoms with Crippen LogP contribution in [0.25, 0.3) is 16.2 Å². The first-order valence-electron chi connectivity index (χ1n) is 9.15. The summed E-state index contributed by atoms with van der Waals surface area (Å²) in [7, 11) is 0. The molecule has 0 spiro atoms. The van der Waals surface area contributed by atoms with Gasteiger partial charge in [-0.15, -0.1) is 11.3 Å². The molecule has 4 rings (SSSR count). The highest BCUT2D eigenvalue weighted by Crippen LogP contribution is 2.29. The van der Waals surface area contributed by atoms with Crippen LogP contribution in [0.4, 0.5) is 0 Å². The van der Waals surface area contributed by atoms with Gasteiger partial charge in [-0.2, -0.15) is 0 Å². The highest BCUT2D eigenvalue weighted by Gasteiger charge is 2.30. The Hall–Kier alpha value is -1.73. The standard InChI is InChI=1S/C20H25N3O2S/c1-15-3-5-16(6-4-15)18-17(23-11-12-26-19(23)21-18)13-22-9-2-7-20(25,14-24)8-10-22/h3-6,11-12,24-25H,2,7-10,13-14H2,1H3. The van der Waals surface area contributed by atoms with Gasteiger partial charge in [0, 0.05) is 30.2 Å². The Kier molecular flexibility index (Phi) is 4.84. The maximum absolute atomic E-state index is 10.4. The lowest BCUT2D eigenvalue weighted by atomic mass is 9.96. The van der Waals surface area contributed by atoms with Crippen molar-refractivity contribution in [1.29, 1.82) is 0 Å². The van der Waals surface area contributed by atoms with Crippen LogP contribution in [0.2, 0.25) is 0 Å². The highest BCUT2D eigenvalue weighted by atomic mass is 32.1. The Morgan fingerprint density at radius 3 is 2.77 bits per heavy atom. The third-order valence-corrected chi connectivity index (χ3v) is 6.12. The number of nitrogens with zero attached hydrogens (tertiary/aromatic N) is 3. The molecule has 1 unspecified atom stereocenters. The SMILES string of the molecule is Cc1ccc(-c2nc3sccn3c2CN2CCCC(O)(CO)CC2)cc1. The van der Waals surface area contributed by atoms with E-state index in [1.807, 2.05) is 0 Å². The van der Waals surface area contributed by atoms with Crippen molar-refractivity contribution < 1.29 is 10.2 Å². The number of hydrogen-bond acceptors (Lipinski definition) is 5. The summed E-state index contributed by atoms with van der Waals surface area (Å²) in [6, 6.07) is 8.52. The van der Waals surface area contributed by atoms with Crippen molar-refractivity contribution in [2.45, 2.75) is 38.3 Å². The van der Waals surface area contributed by atoms with Crippen LogP contribution in [0, 0.1) is 6.92 Å². The number of aryl methyl sites for hydroxylation is 1. The van der Waals surface area contributed by atoms with E-state index in [9.17, 15) is 10.2 Å². The summed E-state index contributed by atoms with van der Waals surface area (Å²) in [6.07, 6.45) is 4.24. The quantitative estimate of drug-likeness (QED) is 0.740. The third kappa shape index (κ3) is 3.42. The topological polar surface area (TPSA) is 61.0 Å². The highest BCUT2D eigenvalue weighted by molar-refractivity contribution is 7.15. The summed E-state index contributed by atoms with van der Waals surface area (Å²) in [6.45, 7) is 4.43. The summed E-state index contributed by atoms with van der Waals surface area (Å²) in [5, 5.41) is 21.9. The predicted molar refractivity (Wildman–Crippen MR) is 104 cm³/mol. The van der Waals surface area contributed by atoms with Crippen LogP contribution in [-0.4, -0.2) is 49.8 Å². The van der Waals surface area contributed by atoms with Crippen molar-refractivity contribution in [3.63, 3.8) is 0 Å². The third-order valence-electron chi connectivity index (χ3n) is 5.36. The normalized spacial score (nSPS) is 22.0. The second-order valence-corrected chi connectivity index (χ2v) is 8.21. The first-order chi connectivity index (χ1) is 12.6. The zero-order valence-corrected chi connectivity index (χ0v) is 15.9. The van der Waals surface area contributed by atoms with E-state index in [1.54, 1.807) is 11.3 Å². The van der Waals surface area contributed by atoms with E-state index < -0.39 is 5.60 Å². The molecule has 1 atom stereocenters. The molecular weight excluding hydrogens is 346 g/mol. The molecule has 0 bridgehead atoms. The van der Waals surface area contributed by atoms with Gasteiger partial charge >= 0.3 is 0 Å². The van der Waals surface area contributed by atoms with Gasteiger partial charge in [0.05, 0.1) is 23.6 Å². The average Bonchev–Trinajstić information content (AvgIpc) is 3.17. The van der Waals surface area contributed by atoms with Crippen molar-refractivity contribution >= 4 is 16.3 Å². The van der Waals surface area contributed by atoms with Gasteiger partial charge in [-0.1, -0.05) is 29.8 Å². The molecule has 5 nitrogen and oxygen atoms in total. The van der Waals surface area contributed by atoms with E-state index in [-0.39, 0.29) is 6.61 Å². The van der Waals surface area contributed by atoms with Gasteiger partial charge in [-0.05, 0) is 32.7 Å². The van der Waals surface area contributed by atoms with Gasteiger partial charge in [0.1, 0.15) is 0 Å². The first kappa shape index (κ1) is 17.7. The Morgan fingerprint density at radius 2 is 2.00 bits per heavy atom. The van der Waals surface area contributed by atoms with Gasteiger partial charge in [0.2, 0.25) is 0 Å². The molecule has 6 heteroatoms. The second kappa shape index (κ2) is 7.12. The zero-order chi connectivity index (χ0) is 18.1. The number of aromatic nitrogens is 2. The fourth-order valence-electron chi connectivity index (χ4n) is 3.69. The lowest BCUT2D eigenvalue weighted by molar-refractivity contribution is -0.0255. The number of rotatable bonds is 4. The summed E-state index contributed by atoms with van der Waals surface area (Å²) < 4.78 is 2.18. The number of imidazole rings is 1. The summed E-state index contributed by atoms with van der Waals surface area (Å²) in [5.41, 5.74) is 3.69. The van der Waals surface area contributed by atoms with Crippen LogP contribution in [0.1, 0.15) is 30.5 Å². The van der Waals surface area contributed by atoms with Crippen molar-refractivity contribution in [1.82, 2.24) is 14.3 Å². The fraction of sp³-hybridized carbons (Fsp3) is 0.450. The summed E-state index contributed by atoms with van der Waals surface area (Å²) >= 11 is 1.65. The Bertz CT molecular complexity index is 886. The largest absolute Gasteiger partial charge is 0.393 e. The number of benzene rings is 1. The first-order valence-corrected chi connectivity index (χ1v) is 10.0. The van der Waals surface area contributed by atoms with E-state index in [2.05, 4.69) is 52.1 Å². The molecule has 1 aromatic carbocycles. The molecule has 0 saturated carbocycles. The van der Waals surface area contributed by atoms with Crippen molar-refractivity contribution in [3.05, 3.63) is 47.1 Å². The molecule has 0 amide bonds. The Labute approximate surface area is 157 Å². The van der Waals surface area contributed by atoms with Crippen LogP contribution in [0.3, 0.4) is 0 Å². The molecule has 26 heavy (non-hydrogen) atoms. The molecule has 138 valence electrons. The lowest BCUT2D eigenvalue weighted by Gasteiger charge is -2.24. The molecule has 1 fully saturated rings. The number of likely N-dealkylation sites (tertiary alicyclic amines) is 1. The number of thiazole rings is 1. The predicted octanol–water partition coefficient (Wildman–Crippen LogP) is 3.08. The van der Waals surface area contributed by atoms with E-state index in [4.69, 9.17) is 4.98 Å². The van der Waals surface area contributed by atoms with Crippen molar-refractivity contribution in [2.24, 2.45) is 0 Å². The fourth-order valence-corrected chi connectivity index (χ4v) is 4.42. The average molecular weight is 372 g/mol. The smallest absolute Gasteiger partial charge is 0.194 e. The Morgan fingerprint density at radius 1 is 1.19 bits per heavy atom. The minimum atomic E-state index is -0.927. The maximum atomic E-state index is 10.4. The maximum Gasteiger partial charge on any atom is 0.194 e. The molecule has 1 saturated heterocycles. The number of hydrogen-bond donors (Lipinski definition) is 2. The summed E-state index contributed by atoms with van der Waals surface area (Å²) in [4.78, 5) is 8.25. The molecule has 3 aromatic rings. The van der Waals surface area contributed by atoms with E-state index in [0.29, 0.717) is 12.8 Å². The minimum absolute atomic E-state index is 0.156. The van der Waals surface area contributed by atoms with Crippen LogP contribution in [-0.2, 0) is 6.54 Å². The molecule has 1 aliphatic heterocycles. The van der Waals surface area contributed by atoms with Gasteiger partial charge in [-0.25, -0.2) is 4.98 Å². The molecule has 3 heterocycles. The minimum Gasteiger partial charge on any atom is -0.393 e. The number of aliphatic hydroxyl groups excluding tert-OH is 1. The Balaban J connectivity index is 1.64. The molecule has 2 N–H and O–H groups in total. The lowest BCUT2D eigenvalue weighted by Crippen LogP contribution is -2.34. The van der Waals surface area contributed by atoms with E-state index >= 15 is 0 Å². The molecule has 1 aliphatic rings. The van der Waals surface area contributed by atoms with Crippen LogP contribution < -0.4 is 0 Å². The van der Waals surface area contributed by atoms with Crippen LogP contribution in [0.5, 0.6) is 0 Å². The van der Waals surface area contributed by atoms with Gasteiger partial charge in [-0.3, -0.25) is 9.30 Å². The van der Waals surface area contributed by atoms with Crippen LogP contribution >= 0.6 is 11.3 Å². The van der Waals surface area contributed by atoms with Crippen molar-refractivity contribution in [3.8, 4) is 11.3 Å². The number of fused-ring (bicyclic) bond motifs is 1. The van der Waals surface area contributed by atoms with Gasteiger partial charge in [0.15, 0.2) is 4.96 Å². The van der Waals surface area contributed by atoms with E-state index in [0.717, 1.165) is 42.3 Å². The van der Waals surface area contributed by atoms with Gasteiger partial charge < -0.3 is 10.2 Å². The zero-order valence-electron chi connectivity index (χ0n) is 15.1. The number of aliphatic hydroxyl groups is 2. The second-order valence-electron chi connectivity index (χ2n) is 7.34. The molecule has 2 aromatic heterocycles. The molecule has 0 aliphatic carbocycles. The van der Waals surface area contributed by atoms with Crippen molar-refractivity contribution in [2.75, 3.05) is 19.7 Å². The molecule has 0 radical (unpaired) electrons. The molecular formula is C20H25N3O2S.